The molecule has 0 aliphatic heterocycles. The van der Waals surface area contributed by atoms with Crippen LogP contribution in [0.2, 0.25) is 0 Å². The molecule has 1 aliphatic carbocycles. The van der Waals surface area contributed by atoms with Crippen LogP contribution in [0, 0.1) is 5.82 Å². The van der Waals surface area contributed by atoms with Gasteiger partial charge in [-0.25, -0.2) is 4.39 Å². The van der Waals surface area contributed by atoms with Gasteiger partial charge >= 0.3 is 0 Å². The van der Waals surface area contributed by atoms with E-state index in [1.54, 1.807) is 19.2 Å². The molecule has 0 saturated heterocycles. The van der Waals surface area contributed by atoms with E-state index >= 15 is 0 Å². The predicted octanol–water partition coefficient (Wildman–Crippen LogP) is 3.36. The predicted molar refractivity (Wildman–Crippen MR) is 67.8 cm³/mol. The fourth-order valence-electron chi connectivity index (χ4n) is 2.38. The monoisotopic (exact) mass is 253 g/mol. The number of methoxy groups -OCH3 is 1. The zero-order valence-electron chi connectivity index (χ0n) is 10.9. The summed E-state index contributed by atoms with van der Waals surface area (Å²) in [5.41, 5.74) is 3.45. The van der Waals surface area contributed by atoms with E-state index in [4.69, 9.17) is 9.57 Å². The quantitative estimate of drug-likeness (QED) is 0.816. The molecular weight excluding hydrogens is 233 g/mol. The molecule has 2 rings (SSSR count). The smallest absolute Gasteiger partial charge is 0.131 e. The zero-order chi connectivity index (χ0) is 13.0. The van der Waals surface area contributed by atoms with Gasteiger partial charge in [0, 0.05) is 5.56 Å². The third-order valence-electron chi connectivity index (χ3n) is 3.38. The molecule has 1 N–H and O–H groups in total. The van der Waals surface area contributed by atoms with Crippen molar-refractivity contribution < 1.29 is 14.0 Å². The average molecular weight is 253 g/mol. The molecule has 0 bridgehead atoms. The molecule has 3 nitrogen and oxygen atoms in total. The number of benzene rings is 1. The molecule has 18 heavy (non-hydrogen) atoms. The largest absolute Gasteiger partial charge is 0.496 e. The van der Waals surface area contributed by atoms with Crippen LogP contribution in [0.3, 0.4) is 0 Å². The van der Waals surface area contributed by atoms with E-state index in [-0.39, 0.29) is 18.0 Å². The maximum absolute atomic E-state index is 13.8. The highest BCUT2D eigenvalue weighted by molar-refractivity contribution is 5.36. The van der Waals surface area contributed by atoms with Crippen LogP contribution >= 0.6 is 0 Å². The molecule has 0 heterocycles. The molecule has 100 valence electrons. The number of ether oxygens (including phenoxy) is 1. The van der Waals surface area contributed by atoms with Crippen molar-refractivity contribution in [3.05, 3.63) is 29.6 Å². The average Bonchev–Trinajstić information content (AvgIpc) is 2.88. The van der Waals surface area contributed by atoms with Crippen molar-refractivity contribution >= 4 is 0 Å². The summed E-state index contributed by atoms with van der Waals surface area (Å²) in [4.78, 5) is 5.60. The second-order valence-corrected chi connectivity index (χ2v) is 4.72. The van der Waals surface area contributed by atoms with Gasteiger partial charge in [0.2, 0.25) is 0 Å². The van der Waals surface area contributed by atoms with Crippen molar-refractivity contribution in [2.24, 2.45) is 0 Å². The number of nitrogens with one attached hydrogen (secondary N) is 1. The van der Waals surface area contributed by atoms with Crippen molar-refractivity contribution in [3.8, 4) is 5.75 Å². The normalized spacial score (nSPS) is 17.9. The Hall–Kier alpha value is -1.13. The second kappa shape index (κ2) is 6.16. The van der Waals surface area contributed by atoms with E-state index < -0.39 is 0 Å². The van der Waals surface area contributed by atoms with Gasteiger partial charge in [-0.3, -0.25) is 4.84 Å². The molecule has 1 atom stereocenters. The molecule has 0 radical (unpaired) electrons. The fraction of sp³-hybridized carbons (Fsp3) is 0.571. The Morgan fingerprint density at radius 3 is 2.72 bits per heavy atom. The summed E-state index contributed by atoms with van der Waals surface area (Å²) in [5.74, 6) is 0.273. The summed E-state index contributed by atoms with van der Waals surface area (Å²) < 4.78 is 19.0. The van der Waals surface area contributed by atoms with Gasteiger partial charge in [0.15, 0.2) is 0 Å². The standard InChI is InChI=1S/C14H20FNO2/c1-10(16-18-11-6-3-4-7-11)14-12(15)8-5-9-13(14)17-2/h5,8-11,16H,3-4,6-7H2,1-2H3. The lowest BCUT2D eigenvalue weighted by atomic mass is 10.1. The Morgan fingerprint density at radius 2 is 2.06 bits per heavy atom. The minimum absolute atomic E-state index is 0.234. The Kier molecular flexibility index (Phi) is 4.55. The van der Waals surface area contributed by atoms with Gasteiger partial charge in [-0.1, -0.05) is 18.9 Å². The Balaban J connectivity index is 2.01. The summed E-state index contributed by atoms with van der Waals surface area (Å²) >= 11 is 0. The molecule has 4 heteroatoms. The molecule has 1 saturated carbocycles. The van der Waals surface area contributed by atoms with Crippen LogP contribution in [0.4, 0.5) is 4.39 Å². The molecule has 0 aromatic heterocycles. The maximum atomic E-state index is 13.8. The van der Waals surface area contributed by atoms with Gasteiger partial charge in [0.05, 0.1) is 19.3 Å². The molecular formula is C14H20FNO2. The van der Waals surface area contributed by atoms with Crippen LogP contribution in [0.25, 0.3) is 0 Å². The lowest BCUT2D eigenvalue weighted by Crippen LogP contribution is -2.25. The minimum atomic E-state index is -0.274. The fourth-order valence-corrected chi connectivity index (χ4v) is 2.38. The highest BCUT2D eigenvalue weighted by Gasteiger charge is 2.20. The van der Waals surface area contributed by atoms with Crippen LogP contribution in [0.1, 0.15) is 44.2 Å². The third kappa shape index (κ3) is 3.00. The molecule has 1 aromatic rings. The number of hydroxylamine groups is 1. The summed E-state index contributed by atoms with van der Waals surface area (Å²) in [7, 11) is 1.54. The lowest BCUT2D eigenvalue weighted by Gasteiger charge is -2.20. The number of hydrogen-bond donors (Lipinski definition) is 1. The SMILES string of the molecule is COc1cccc(F)c1C(C)NOC1CCCC1. The second-order valence-electron chi connectivity index (χ2n) is 4.72. The summed E-state index contributed by atoms with van der Waals surface area (Å²) in [5, 5.41) is 0. The van der Waals surface area contributed by atoms with Crippen LogP contribution in [-0.4, -0.2) is 13.2 Å². The van der Waals surface area contributed by atoms with Crippen molar-refractivity contribution in [3.63, 3.8) is 0 Å². The topological polar surface area (TPSA) is 30.5 Å². The maximum Gasteiger partial charge on any atom is 0.131 e. The first-order chi connectivity index (χ1) is 8.72. The van der Waals surface area contributed by atoms with Crippen molar-refractivity contribution in [2.45, 2.75) is 44.8 Å². The van der Waals surface area contributed by atoms with Crippen LogP contribution in [-0.2, 0) is 4.84 Å². The Morgan fingerprint density at radius 1 is 1.33 bits per heavy atom. The highest BCUT2D eigenvalue weighted by atomic mass is 19.1. The molecule has 0 amide bonds. The van der Waals surface area contributed by atoms with Crippen LogP contribution in [0.15, 0.2) is 18.2 Å². The molecule has 1 unspecified atom stereocenters. The van der Waals surface area contributed by atoms with Gasteiger partial charge < -0.3 is 4.74 Å². The molecule has 1 aliphatic rings. The number of rotatable bonds is 5. The van der Waals surface area contributed by atoms with Crippen molar-refractivity contribution in [1.29, 1.82) is 0 Å². The van der Waals surface area contributed by atoms with E-state index in [0.29, 0.717) is 11.3 Å². The number of hydrogen-bond acceptors (Lipinski definition) is 3. The van der Waals surface area contributed by atoms with Gasteiger partial charge in [-0.05, 0) is 31.9 Å². The van der Waals surface area contributed by atoms with Crippen LogP contribution < -0.4 is 10.2 Å². The zero-order valence-corrected chi connectivity index (χ0v) is 10.9. The minimum Gasteiger partial charge on any atom is -0.496 e. The summed E-state index contributed by atoms with van der Waals surface area (Å²) in [6.07, 6.45) is 4.83. The van der Waals surface area contributed by atoms with Crippen molar-refractivity contribution in [1.82, 2.24) is 5.48 Å². The Labute approximate surface area is 107 Å². The van der Waals surface area contributed by atoms with E-state index in [1.165, 1.54) is 18.9 Å². The Bertz CT molecular complexity index is 391. The third-order valence-corrected chi connectivity index (χ3v) is 3.38. The highest BCUT2D eigenvalue weighted by Crippen LogP contribution is 2.28. The van der Waals surface area contributed by atoms with E-state index in [0.717, 1.165) is 12.8 Å². The molecule has 1 fully saturated rings. The first kappa shape index (κ1) is 13.3. The van der Waals surface area contributed by atoms with Gasteiger partial charge in [0.25, 0.3) is 0 Å². The molecule has 1 aromatic carbocycles. The van der Waals surface area contributed by atoms with E-state index in [1.807, 2.05) is 6.92 Å². The first-order valence-corrected chi connectivity index (χ1v) is 6.46. The van der Waals surface area contributed by atoms with Crippen LogP contribution in [0.5, 0.6) is 5.75 Å². The first-order valence-electron chi connectivity index (χ1n) is 6.46. The lowest BCUT2D eigenvalue weighted by molar-refractivity contribution is -0.0385. The van der Waals surface area contributed by atoms with Gasteiger partial charge in [-0.15, -0.1) is 0 Å². The van der Waals surface area contributed by atoms with E-state index in [2.05, 4.69) is 5.48 Å². The summed E-state index contributed by atoms with van der Waals surface area (Å²) in [6.45, 7) is 1.87. The van der Waals surface area contributed by atoms with E-state index in [9.17, 15) is 4.39 Å². The van der Waals surface area contributed by atoms with Crippen molar-refractivity contribution in [2.75, 3.05) is 7.11 Å². The molecule has 0 spiro atoms. The van der Waals surface area contributed by atoms with Gasteiger partial charge in [0.1, 0.15) is 11.6 Å². The summed E-state index contributed by atoms with van der Waals surface area (Å²) in [6, 6.07) is 4.60. The number of halogens is 1. The van der Waals surface area contributed by atoms with Gasteiger partial charge in [-0.2, -0.15) is 5.48 Å².